The van der Waals surface area contributed by atoms with Crippen molar-refractivity contribution in [3.8, 4) is 0 Å². The van der Waals surface area contributed by atoms with Gasteiger partial charge in [0.1, 0.15) is 5.82 Å². The normalized spacial score (nSPS) is 24.9. The van der Waals surface area contributed by atoms with Crippen molar-refractivity contribution in [3.05, 3.63) is 34.6 Å². The Morgan fingerprint density at radius 3 is 2.94 bits per heavy atom. The van der Waals surface area contributed by atoms with E-state index in [9.17, 15) is 4.39 Å². The maximum Gasteiger partial charge on any atom is 0.124 e. The third-order valence-electron chi connectivity index (χ3n) is 3.49. The first-order valence-corrected chi connectivity index (χ1v) is 6.73. The second-order valence-corrected chi connectivity index (χ2v) is 5.38. The van der Waals surface area contributed by atoms with Gasteiger partial charge in [-0.2, -0.15) is 0 Å². The van der Waals surface area contributed by atoms with Crippen LogP contribution in [0.25, 0.3) is 0 Å². The highest BCUT2D eigenvalue weighted by Gasteiger charge is 2.17. The molecule has 1 aliphatic rings. The minimum Gasteiger partial charge on any atom is -0.311 e. The number of benzene rings is 1. The molecule has 1 saturated heterocycles. The van der Waals surface area contributed by atoms with E-state index in [1.807, 2.05) is 0 Å². The minimum atomic E-state index is -0.261. The lowest BCUT2D eigenvalue weighted by atomic mass is 9.95. The van der Waals surface area contributed by atoms with Gasteiger partial charge in [0, 0.05) is 17.1 Å². The van der Waals surface area contributed by atoms with Gasteiger partial charge >= 0.3 is 0 Å². The van der Waals surface area contributed by atoms with E-state index in [1.54, 1.807) is 6.07 Å². The van der Waals surface area contributed by atoms with Crippen molar-refractivity contribution < 1.29 is 4.39 Å². The molecular weight excluding hydrogens is 237 g/mol. The largest absolute Gasteiger partial charge is 0.311 e. The van der Waals surface area contributed by atoms with E-state index < -0.39 is 0 Å². The van der Waals surface area contributed by atoms with E-state index in [-0.39, 0.29) is 5.82 Å². The van der Waals surface area contributed by atoms with Crippen LogP contribution in [0.1, 0.15) is 38.2 Å². The number of nitrogens with one attached hydrogen (secondary N) is 1. The van der Waals surface area contributed by atoms with E-state index in [0.29, 0.717) is 17.1 Å². The molecule has 0 aliphatic carbocycles. The van der Waals surface area contributed by atoms with Crippen molar-refractivity contribution in [1.82, 2.24) is 5.32 Å². The van der Waals surface area contributed by atoms with Gasteiger partial charge in [-0.3, -0.25) is 0 Å². The van der Waals surface area contributed by atoms with Gasteiger partial charge in [-0.05, 0) is 50.3 Å². The van der Waals surface area contributed by atoms with E-state index in [4.69, 9.17) is 11.6 Å². The van der Waals surface area contributed by atoms with E-state index >= 15 is 0 Å². The Bertz CT molecular complexity index is 380. The Morgan fingerprint density at radius 1 is 1.41 bits per heavy atom. The first kappa shape index (κ1) is 12.8. The average Bonchev–Trinajstić information content (AvgIpc) is 2.28. The Kier molecular flexibility index (Phi) is 4.41. The lowest BCUT2D eigenvalue weighted by Crippen LogP contribution is -2.40. The summed E-state index contributed by atoms with van der Waals surface area (Å²) in [6.45, 7) is 2.23. The van der Waals surface area contributed by atoms with Crippen LogP contribution in [-0.4, -0.2) is 12.1 Å². The van der Waals surface area contributed by atoms with Gasteiger partial charge in [0.25, 0.3) is 0 Å². The third-order valence-corrected chi connectivity index (χ3v) is 3.84. The van der Waals surface area contributed by atoms with Crippen LogP contribution in [0.5, 0.6) is 0 Å². The number of hydrogen-bond donors (Lipinski definition) is 1. The summed E-state index contributed by atoms with van der Waals surface area (Å²) in [5.41, 5.74) is 1.05. The van der Waals surface area contributed by atoms with Crippen LogP contribution < -0.4 is 5.32 Å². The summed E-state index contributed by atoms with van der Waals surface area (Å²) in [5.74, 6) is -0.261. The average molecular weight is 256 g/mol. The summed E-state index contributed by atoms with van der Waals surface area (Å²) in [6, 6.07) is 5.88. The molecule has 1 aliphatic heterocycles. The molecule has 2 unspecified atom stereocenters. The van der Waals surface area contributed by atoms with Crippen molar-refractivity contribution >= 4 is 11.6 Å². The monoisotopic (exact) mass is 255 g/mol. The van der Waals surface area contributed by atoms with Gasteiger partial charge in [-0.1, -0.05) is 24.1 Å². The van der Waals surface area contributed by atoms with Gasteiger partial charge < -0.3 is 5.32 Å². The fourth-order valence-corrected chi connectivity index (χ4v) is 2.78. The summed E-state index contributed by atoms with van der Waals surface area (Å²) >= 11 is 6.02. The summed E-state index contributed by atoms with van der Waals surface area (Å²) in [4.78, 5) is 0. The highest BCUT2D eigenvalue weighted by atomic mass is 35.5. The van der Waals surface area contributed by atoms with Crippen molar-refractivity contribution in [1.29, 1.82) is 0 Å². The highest BCUT2D eigenvalue weighted by molar-refractivity contribution is 6.31. The van der Waals surface area contributed by atoms with Crippen LogP contribution in [0.4, 0.5) is 4.39 Å². The number of hydrogen-bond acceptors (Lipinski definition) is 1. The zero-order chi connectivity index (χ0) is 12.3. The lowest BCUT2D eigenvalue weighted by Gasteiger charge is -2.28. The molecule has 0 saturated carbocycles. The standard InChI is InChI=1S/C14H19ClFN/c1-10-3-2-4-13(17-10)8-6-11-5-7-12(16)9-14(11)15/h5,7,9-10,13,17H,2-4,6,8H2,1H3. The SMILES string of the molecule is CC1CCCC(CCc2ccc(F)cc2Cl)N1. The number of piperidine rings is 1. The van der Waals surface area contributed by atoms with Crippen LogP contribution >= 0.6 is 11.6 Å². The number of rotatable bonds is 3. The molecule has 1 aromatic carbocycles. The molecule has 0 bridgehead atoms. The zero-order valence-corrected chi connectivity index (χ0v) is 10.9. The lowest BCUT2D eigenvalue weighted by molar-refractivity contribution is 0.322. The van der Waals surface area contributed by atoms with Crippen molar-refractivity contribution in [3.63, 3.8) is 0 Å². The van der Waals surface area contributed by atoms with Crippen molar-refractivity contribution in [2.24, 2.45) is 0 Å². The van der Waals surface area contributed by atoms with Crippen molar-refractivity contribution in [2.75, 3.05) is 0 Å². The molecule has 17 heavy (non-hydrogen) atoms. The smallest absolute Gasteiger partial charge is 0.124 e. The summed E-state index contributed by atoms with van der Waals surface area (Å²) in [5, 5.41) is 4.15. The summed E-state index contributed by atoms with van der Waals surface area (Å²) in [7, 11) is 0. The Balaban J connectivity index is 1.88. The van der Waals surface area contributed by atoms with Gasteiger partial charge in [-0.15, -0.1) is 0 Å². The number of aryl methyl sites for hydroxylation is 1. The maximum atomic E-state index is 12.9. The van der Waals surface area contributed by atoms with Crippen LogP contribution in [0.15, 0.2) is 18.2 Å². The van der Waals surface area contributed by atoms with Crippen molar-refractivity contribution in [2.45, 2.75) is 51.1 Å². The molecule has 1 N–H and O–H groups in total. The third kappa shape index (κ3) is 3.68. The molecule has 3 heteroatoms. The summed E-state index contributed by atoms with van der Waals surface area (Å²) in [6.07, 6.45) is 5.81. The minimum absolute atomic E-state index is 0.261. The quantitative estimate of drug-likeness (QED) is 0.863. The Hall–Kier alpha value is -0.600. The van der Waals surface area contributed by atoms with Crippen LogP contribution in [-0.2, 0) is 6.42 Å². The van der Waals surface area contributed by atoms with Gasteiger partial charge in [0.15, 0.2) is 0 Å². The predicted octanol–water partition coefficient (Wildman–Crippen LogP) is 3.94. The molecule has 1 heterocycles. The molecule has 1 aromatic rings. The second kappa shape index (κ2) is 5.83. The molecule has 0 spiro atoms. The molecule has 0 amide bonds. The highest BCUT2D eigenvalue weighted by Crippen LogP contribution is 2.21. The molecule has 2 rings (SSSR count). The van der Waals surface area contributed by atoms with Gasteiger partial charge in [0.2, 0.25) is 0 Å². The molecule has 1 nitrogen and oxygen atoms in total. The van der Waals surface area contributed by atoms with Crippen LogP contribution in [0.2, 0.25) is 5.02 Å². The molecule has 2 atom stereocenters. The van der Waals surface area contributed by atoms with Crippen LogP contribution in [0, 0.1) is 5.82 Å². The number of halogens is 2. The molecule has 0 radical (unpaired) electrons. The van der Waals surface area contributed by atoms with E-state index in [0.717, 1.165) is 18.4 Å². The second-order valence-electron chi connectivity index (χ2n) is 4.97. The predicted molar refractivity (Wildman–Crippen MR) is 70.0 cm³/mol. The van der Waals surface area contributed by atoms with E-state index in [2.05, 4.69) is 12.2 Å². The maximum absolute atomic E-state index is 12.9. The molecule has 1 fully saturated rings. The fraction of sp³-hybridized carbons (Fsp3) is 0.571. The Labute approximate surface area is 107 Å². The molecule has 0 aromatic heterocycles. The topological polar surface area (TPSA) is 12.0 Å². The zero-order valence-electron chi connectivity index (χ0n) is 10.2. The van der Waals surface area contributed by atoms with Crippen LogP contribution in [0.3, 0.4) is 0 Å². The first-order valence-electron chi connectivity index (χ1n) is 6.35. The van der Waals surface area contributed by atoms with E-state index in [1.165, 1.54) is 31.4 Å². The molecule has 94 valence electrons. The fourth-order valence-electron chi connectivity index (χ4n) is 2.52. The summed E-state index contributed by atoms with van der Waals surface area (Å²) < 4.78 is 12.9. The van der Waals surface area contributed by atoms with Gasteiger partial charge in [0.05, 0.1) is 0 Å². The Morgan fingerprint density at radius 2 is 2.24 bits per heavy atom. The first-order chi connectivity index (χ1) is 8.15. The van der Waals surface area contributed by atoms with Gasteiger partial charge in [-0.25, -0.2) is 4.39 Å². The molecular formula is C14H19ClFN.